The summed E-state index contributed by atoms with van der Waals surface area (Å²) in [5.74, 6) is 0. The Morgan fingerprint density at radius 3 is 1.63 bits per heavy atom. The topological polar surface area (TPSA) is 88.7 Å². The number of nitrogens with one attached hydrogen (secondary N) is 3. The fourth-order valence-corrected chi connectivity index (χ4v) is 4.00. The maximum Gasteiger partial charge on any atom is 0.407 e. The summed E-state index contributed by atoms with van der Waals surface area (Å²) in [6.45, 7) is 11.9. The molecule has 0 saturated carbocycles. The number of hydrogen-bond donors (Lipinski definition) is 3. The van der Waals surface area contributed by atoms with E-state index < -0.39 is 23.4 Å². The van der Waals surface area contributed by atoms with E-state index in [-0.39, 0.29) is 12.6 Å². The third-order valence-electron chi connectivity index (χ3n) is 5.79. The fraction of sp³-hybridized carbons (Fsp3) is 0.548. The minimum Gasteiger partial charge on any atom is -0.444 e. The van der Waals surface area contributed by atoms with Crippen molar-refractivity contribution in [3.8, 4) is 0 Å². The zero-order valence-corrected chi connectivity index (χ0v) is 24.0. The van der Waals surface area contributed by atoms with Crippen LogP contribution in [0.3, 0.4) is 0 Å². The third-order valence-corrected chi connectivity index (χ3v) is 5.79. The van der Waals surface area contributed by atoms with Gasteiger partial charge in [-0.05, 0) is 91.3 Å². The second-order valence-electron chi connectivity index (χ2n) is 11.7. The van der Waals surface area contributed by atoms with E-state index in [2.05, 4.69) is 64.5 Å². The molecule has 0 saturated heterocycles. The zero-order valence-electron chi connectivity index (χ0n) is 24.0. The Balaban J connectivity index is 1.96. The van der Waals surface area contributed by atoms with Gasteiger partial charge in [0.05, 0.1) is 6.04 Å². The largest absolute Gasteiger partial charge is 0.444 e. The molecule has 2 amide bonds. The highest BCUT2D eigenvalue weighted by atomic mass is 16.6. The second kappa shape index (κ2) is 15.4. The number of hydrogen-bond acceptors (Lipinski definition) is 5. The number of ether oxygens (including phenoxy) is 2. The molecule has 0 radical (unpaired) electrons. The van der Waals surface area contributed by atoms with E-state index in [9.17, 15) is 9.59 Å². The van der Waals surface area contributed by atoms with Gasteiger partial charge in [0.1, 0.15) is 11.2 Å². The molecule has 1 atom stereocenters. The van der Waals surface area contributed by atoms with Crippen molar-refractivity contribution in [2.24, 2.45) is 0 Å². The number of carbonyl (C=O) groups is 2. The van der Waals surface area contributed by atoms with Crippen molar-refractivity contribution in [3.05, 3.63) is 71.8 Å². The molecule has 0 aromatic heterocycles. The minimum atomic E-state index is -0.606. The average molecular weight is 526 g/mol. The van der Waals surface area contributed by atoms with Crippen LogP contribution in [0.15, 0.2) is 60.7 Å². The minimum absolute atomic E-state index is 0.245. The van der Waals surface area contributed by atoms with Crippen molar-refractivity contribution in [3.63, 3.8) is 0 Å². The lowest BCUT2D eigenvalue weighted by molar-refractivity contribution is 0.0461. The van der Waals surface area contributed by atoms with E-state index >= 15 is 0 Å². The highest BCUT2D eigenvalue weighted by molar-refractivity contribution is 5.69. The van der Waals surface area contributed by atoms with Gasteiger partial charge in [0.25, 0.3) is 0 Å². The van der Waals surface area contributed by atoms with Gasteiger partial charge in [-0.3, -0.25) is 0 Å². The number of amides is 2. The number of alkyl carbamates (subject to hydrolysis) is 2. The van der Waals surface area contributed by atoms with Gasteiger partial charge in [-0.2, -0.15) is 0 Å². The molecule has 3 N–H and O–H groups in total. The van der Waals surface area contributed by atoms with Crippen LogP contribution < -0.4 is 16.0 Å². The van der Waals surface area contributed by atoms with Crippen LogP contribution >= 0.6 is 0 Å². The molecular weight excluding hydrogens is 478 g/mol. The van der Waals surface area contributed by atoms with Crippen molar-refractivity contribution in [2.45, 2.75) is 96.9 Å². The Morgan fingerprint density at radius 1 is 0.684 bits per heavy atom. The lowest BCUT2D eigenvalue weighted by atomic mass is 9.99. The summed E-state index contributed by atoms with van der Waals surface area (Å²) in [6.07, 6.45) is 3.62. The molecule has 0 spiro atoms. The van der Waals surface area contributed by atoms with Crippen LogP contribution in [0.4, 0.5) is 9.59 Å². The van der Waals surface area contributed by atoms with E-state index in [0.29, 0.717) is 19.0 Å². The smallest absolute Gasteiger partial charge is 0.407 e. The molecule has 0 aliphatic heterocycles. The zero-order chi connectivity index (χ0) is 28.0. The summed E-state index contributed by atoms with van der Waals surface area (Å²) in [4.78, 5) is 24.7. The van der Waals surface area contributed by atoms with E-state index in [1.54, 1.807) is 0 Å². The molecule has 2 aromatic carbocycles. The summed E-state index contributed by atoms with van der Waals surface area (Å²) in [7, 11) is 0. The lowest BCUT2D eigenvalue weighted by Gasteiger charge is -2.26. The predicted molar refractivity (Wildman–Crippen MR) is 153 cm³/mol. The SMILES string of the molecule is CC(C)(C)OC(=O)NC[C@H](CCNC(CCc1ccccc1)CCc1ccccc1)NC(=O)OC(C)(C)C. The Bertz CT molecular complexity index is 909. The monoisotopic (exact) mass is 525 g/mol. The number of benzene rings is 2. The highest BCUT2D eigenvalue weighted by Gasteiger charge is 2.22. The fourth-order valence-electron chi connectivity index (χ4n) is 4.00. The summed E-state index contributed by atoms with van der Waals surface area (Å²) in [5.41, 5.74) is 1.45. The third kappa shape index (κ3) is 14.6. The molecule has 0 aliphatic rings. The molecule has 7 nitrogen and oxygen atoms in total. The van der Waals surface area contributed by atoms with E-state index in [4.69, 9.17) is 9.47 Å². The van der Waals surface area contributed by atoms with Gasteiger partial charge in [0.2, 0.25) is 0 Å². The molecule has 0 aliphatic carbocycles. The van der Waals surface area contributed by atoms with E-state index in [1.807, 2.05) is 53.7 Å². The van der Waals surface area contributed by atoms with Crippen LogP contribution in [0.1, 0.15) is 71.9 Å². The van der Waals surface area contributed by atoms with Gasteiger partial charge in [0.15, 0.2) is 0 Å². The Labute approximate surface area is 229 Å². The van der Waals surface area contributed by atoms with Crippen LogP contribution in [-0.4, -0.2) is 48.6 Å². The van der Waals surface area contributed by atoms with Gasteiger partial charge in [0, 0.05) is 12.6 Å². The lowest BCUT2D eigenvalue weighted by Crippen LogP contribution is -2.48. The predicted octanol–water partition coefficient (Wildman–Crippen LogP) is 6.02. The Hall–Kier alpha value is -3.06. The van der Waals surface area contributed by atoms with Gasteiger partial charge in [-0.1, -0.05) is 60.7 Å². The van der Waals surface area contributed by atoms with Crippen LogP contribution in [0, 0.1) is 0 Å². The summed E-state index contributed by atoms with van der Waals surface area (Å²) >= 11 is 0. The first-order chi connectivity index (χ1) is 17.9. The maximum atomic E-state index is 12.5. The summed E-state index contributed by atoms with van der Waals surface area (Å²) in [5, 5.41) is 9.39. The standard InChI is InChI=1S/C31H47N3O4/c1-30(2,3)37-28(35)33-23-27(34-29(36)38-31(4,5)6)21-22-32-26(19-17-24-13-9-7-10-14-24)20-18-25-15-11-8-12-16-25/h7-16,26-27,32H,17-23H2,1-6H3,(H,33,35)(H,34,36)/t27-/m0/s1. The second-order valence-corrected chi connectivity index (χ2v) is 11.7. The first-order valence-electron chi connectivity index (χ1n) is 13.7. The van der Waals surface area contributed by atoms with Crippen LogP contribution in [0.25, 0.3) is 0 Å². The van der Waals surface area contributed by atoms with E-state index in [0.717, 1.165) is 25.7 Å². The normalized spacial score (nSPS) is 12.6. The summed E-state index contributed by atoms with van der Waals surface area (Å²) in [6, 6.07) is 21.0. The van der Waals surface area contributed by atoms with Crippen molar-refractivity contribution < 1.29 is 19.1 Å². The first kappa shape index (κ1) is 31.2. The van der Waals surface area contributed by atoms with Crippen molar-refractivity contribution in [1.82, 2.24) is 16.0 Å². The van der Waals surface area contributed by atoms with E-state index in [1.165, 1.54) is 11.1 Å². The van der Waals surface area contributed by atoms with Crippen LogP contribution in [-0.2, 0) is 22.3 Å². The molecule has 0 fully saturated rings. The van der Waals surface area contributed by atoms with Crippen LogP contribution in [0.5, 0.6) is 0 Å². The van der Waals surface area contributed by atoms with Gasteiger partial charge < -0.3 is 25.4 Å². The molecule has 0 bridgehead atoms. The molecule has 0 unspecified atom stereocenters. The molecule has 7 heteroatoms. The van der Waals surface area contributed by atoms with Gasteiger partial charge >= 0.3 is 12.2 Å². The molecular formula is C31H47N3O4. The quantitative estimate of drug-likeness (QED) is 0.298. The van der Waals surface area contributed by atoms with Crippen molar-refractivity contribution in [2.75, 3.05) is 13.1 Å². The average Bonchev–Trinajstić information content (AvgIpc) is 2.82. The number of carbonyl (C=O) groups excluding carboxylic acids is 2. The summed E-state index contributed by atoms with van der Waals surface area (Å²) < 4.78 is 10.8. The maximum absolute atomic E-state index is 12.5. The number of rotatable bonds is 13. The van der Waals surface area contributed by atoms with Crippen molar-refractivity contribution >= 4 is 12.2 Å². The van der Waals surface area contributed by atoms with Crippen LogP contribution in [0.2, 0.25) is 0 Å². The van der Waals surface area contributed by atoms with Crippen molar-refractivity contribution in [1.29, 1.82) is 0 Å². The highest BCUT2D eigenvalue weighted by Crippen LogP contribution is 2.12. The van der Waals surface area contributed by atoms with Gasteiger partial charge in [-0.25, -0.2) is 9.59 Å². The molecule has 38 heavy (non-hydrogen) atoms. The molecule has 0 heterocycles. The molecule has 2 rings (SSSR count). The molecule has 2 aromatic rings. The number of aryl methyl sites for hydroxylation is 2. The Kier molecular flexibility index (Phi) is 12.6. The molecule has 210 valence electrons. The van der Waals surface area contributed by atoms with Gasteiger partial charge in [-0.15, -0.1) is 0 Å². The first-order valence-corrected chi connectivity index (χ1v) is 13.7. The Morgan fingerprint density at radius 2 is 1.16 bits per heavy atom.